The van der Waals surface area contributed by atoms with E-state index in [0.29, 0.717) is 11.7 Å². The van der Waals surface area contributed by atoms with Gasteiger partial charge in [-0.15, -0.1) is 0 Å². The first-order valence-corrected chi connectivity index (χ1v) is 4.29. The highest BCUT2D eigenvalue weighted by Crippen LogP contribution is 2.18. The Morgan fingerprint density at radius 1 is 0.857 bits per heavy atom. The summed E-state index contributed by atoms with van der Waals surface area (Å²) < 4.78 is 0. The lowest BCUT2D eigenvalue weighted by Gasteiger charge is -1.97. The molecule has 0 atom stereocenters. The molecule has 0 radical (unpaired) electrons. The smallest absolute Gasteiger partial charge is 0.0964 e. The first kappa shape index (κ1) is 10.2. The number of aliphatic imine (C=N–C) groups is 2. The Morgan fingerprint density at radius 3 is 1.36 bits per heavy atom. The lowest BCUT2D eigenvalue weighted by atomic mass is 10.3. The van der Waals surface area contributed by atoms with Crippen molar-refractivity contribution in [1.29, 1.82) is 0 Å². The van der Waals surface area contributed by atoms with Crippen LogP contribution in [0.1, 0.15) is 13.8 Å². The van der Waals surface area contributed by atoms with Gasteiger partial charge >= 0.3 is 0 Å². The van der Waals surface area contributed by atoms with Crippen LogP contribution in [0.3, 0.4) is 0 Å². The molecule has 1 aromatic rings. The predicted molar refractivity (Wildman–Crippen MR) is 60.4 cm³/mol. The van der Waals surface area contributed by atoms with Crippen LogP contribution in [0, 0.1) is 0 Å². The Morgan fingerprint density at radius 2 is 1.14 bits per heavy atom. The minimum absolute atomic E-state index is 0.538. The molecule has 74 valence electrons. The number of hydrogen-bond acceptors (Lipinski definition) is 2. The maximum absolute atomic E-state index is 5.45. The molecule has 0 amide bonds. The van der Waals surface area contributed by atoms with Gasteiger partial charge < -0.3 is 11.5 Å². The fourth-order valence-electron chi connectivity index (χ4n) is 1.01. The molecule has 0 saturated heterocycles. The minimum atomic E-state index is 0.538. The van der Waals surface area contributed by atoms with E-state index in [2.05, 4.69) is 9.98 Å². The van der Waals surface area contributed by atoms with Crippen LogP contribution >= 0.6 is 0 Å². The zero-order chi connectivity index (χ0) is 10.6. The summed E-state index contributed by atoms with van der Waals surface area (Å²) in [7, 11) is 0. The molecule has 1 aromatic carbocycles. The van der Waals surface area contributed by atoms with Gasteiger partial charge in [0.25, 0.3) is 0 Å². The van der Waals surface area contributed by atoms with Gasteiger partial charge in [0, 0.05) is 0 Å². The molecule has 0 fully saturated rings. The van der Waals surface area contributed by atoms with E-state index in [1.165, 1.54) is 0 Å². The molecular formula is C10H14N4. The molecule has 0 unspecified atom stereocenters. The number of benzene rings is 1. The van der Waals surface area contributed by atoms with Crippen molar-refractivity contribution in [2.45, 2.75) is 13.8 Å². The van der Waals surface area contributed by atoms with E-state index in [4.69, 9.17) is 11.5 Å². The second-order valence-corrected chi connectivity index (χ2v) is 3.02. The lowest BCUT2D eigenvalue weighted by Crippen LogP contribution is -2.04. The predicted octanol–water partition coefficient (Wildman–Crippen LogP) is 1.70. The van der Waals surface area contributed by atoms with Crippen LogP contribution in [0.2, 0.25) is 0 Å². The summed E-state index contributed by atoms with van der Waals surface area (Å²) in [5.41, 5.74) is 12.5. The van der Waals surface area contributed by atoms with E-state index in [0.717, 1.165) is 11.4 Å². The highest BCUT2D eigenvalue weighted by atomic mass is 14.9. The maximum Gasteiger partial charge on any atom is 0.0964 e. The van der Waals surface area contributed by atoms with Gasteiger partial charge in [0.1, 0.15) is 0 Å². The molecule has 0 bridgehead atoms. The van der Waals surface area contributed by atoms with Crippen LogP contribution in [0.4, 0.5) is 11.4 Å². The normalized spacial score (nSPS) is 13.0. The lowest BCUT2D eigenvalue weighted by molar-refractivity contribution is 1.41. The van der Waals surface area contributed by atoms with Crippen LogP contribution in [0.25, 0.3) is 0 Å². The molecule has 0 spiro atoms. The van der Waals surface area contributed by atoms with Crippen LogP contribution in [-0.2, 0) is 0 Å². The molecule has 0 saturated carbocycles. The van der Waals surface area contributed by atoms with Crippen molar-refractivity contribution in [2.24, 2.45) is 21.5 Å². The first-order valence-electron chi connectivity index (χ1n) is 4.29. The van der Waals surface area contributed by atoms with E-state index in [9.17, 15) is 0 Å². The second kappa shape index (κ2) is 4.41. The molecule has 4 N–H and O–H groups in total. The Kier molecular flexibility index (Phi) is 3.23. The van der Waals surface area contributed by atoms with E-state index in [1.807, 2.05) is 24.3 Å². The zero-order valence-corrected chi connectivity index (χ0v) is 8.36. The molecule has 0 heterocycles. The van der Waals surface area contributed by atoms with Gasteiger partial charge in [0.05, 0.1) is 23.0 Å². The number of nitrogens with two attached hydrogens (primary N) is 2. The van der Waals surface area contributed by atoms with E-state index >= 15 is 0 Å². The Labute approximate surface area is 83.4 Å². The standard InChI is InChI=1S/C10H14N4/c1-7(11)13-9-3-5-10(6-4-9)14-8(2)12/h3-6H,1-2H3,(H2,11,13)(H2,12,14). The van der Waals surface area contributed by atoms with Gasteiger partial charge in [-0.25, -0.2) is 9.98 Å². The van der Waals surface area contributed by atoms with Crippen molar-refractivity contribution in [3.63, 3.8) is 0 Å². The monoisotopic (exact) mass is 190 g/mol. The number of amidine groups is 2. The van der Waals surface area contributed by atoms with Crippen molar-refractivity contribution >= 4 is 23.0 Å². The van der Waals surface area contributed by atoms with Crippen molar-refractivity contribution in [2.75, 3.05) is 0 Å². The molecule has 0 aromatic heterocycles. The average Bonchev–Trinajstić information content (AvgIpc) is 2.06. The SMILES string of the molecule is CC(N)=Nc1ccc(N=C(C)N)cc1. The van der Waals surface area contributed by atoms with Gasteiger partial charge in [0.2, 0.25) is 0 Å². The molecule has 0 aliphatic rings. The molecular weight excluding hydrogens is 176 g/mol. The van der Waals surface area contributed by atoms with Gasteiger partial charge in [-0.1, -0.05) is 0 Å². The summed E-state index contributed by atoms with van der Waals surface area (Å²) in [4.78, 5) is 8.19. The Bertz CT molecular complexity index is 317. The number of hydrogen-bond donors (Lipinski definition) is 2. The van der Waals surface area contributed by atoms with E-state index < -0.39 is 0 Å². The summed E-state index contributed by atoms with van der Waals surface area (Å²) in [6, 6.07) is 7.38. The third-order valence-corrected chi connectivity index (χ3v) is 1.46. The van der Waals surface area contributed by atoms with Crippen molar-refractivity contribution in [3.05, 3.63) is 24.3 Å². The third-order valence-electron chi connectivity index (χ3n) is 1.46. The highest BCUT2D eigenvalue weighted by Gasteiger charge is 1.91. The summed E-state index contributed by atoms with van der Waals surface area (Å²) in [5, 5.41) is 0. The zero-order valence-electron chi connectivity index (χ0n) is 8.36. The van der Waals surface area contributed by atoms with Crippen molar-refractivity contribution in [1.82, 2.24) is 0 Å². The van der Waals surface area contributed by atoms with Gasteiger partial charge in [0.15, 0.2) is 0 Å². The maximum atomic E-state index is 5.45. The summed E-state index contributed by atoms with van der Waals surface area (Å²) in [6.07, 6.45) is 0. The number of nitrogens with zero attached hydrogens (tertiary/aromatic N) is 2. The fraction of sp³-hybridized carbons (Fsp3) is 0.200. The van der Waals surface area contributed by atoms with Crippen LogP contribution in [0.15, 0.2) is 34.3 Å². The molecule has 4 heteroatoms. The van der Waals surface area contributed by atoms with Crippen molar-refractivity contribution in [3.8, 4) is 0 Å². The molecule has 1 rings (SSSR count). The van der Waals surface area contributed by atoms with E-state index in [1.54, 1.807) is 13.8 Å². The number of rotatable bonds is 2. The summed E-state index contributed by atoms with van der Waals surface area (Å²) >= 11 is 0. The molecule has 14 heavy (non-hydrogen) atoms. The molecule has 0 aliphatic carbocycles. The average molecular weight is 190 g/mol. The molecule has 4 nitrogen and oxygen atoms in total. The topological polar surface area (TPSA) is 76.8 Å². The summed E-state index contributed by atoms with van der Waals surface area (Å²) in [5.74, 6) is 1.08. The third kappa shape index (κ3) is 3.26. The van der Waals surface area contributed by atoms with Gasteiger partial charge in [-0.2, -0.15) is 0 Å². The van der Waals surface area contributed by atoms with Gasteiger partial charge in [-0.05, 0) is 38.1 Å². The second-order valence-electron chi connectivity index (χ2n) is 3.02. The van der Waals surface area contributed by atoms with Crippen LogP contribution in [-0.4, -0.2) is 11.7 Å². The largest absolute Gasteiger partial charge is 0.387 e. The molecule has 0 aliphatic heterocycles. The highest BCUT2D eigenvalue weighted by molar-refractivity contribution is 5.82. The Balaban J connectivity index is 2.89. The fourth-order valence-corrected chi connectivity index (χ4v) is 1.01. The van der Waals surface area contributed by atoms with Crippen LogP contribution < -0.4 is 11.5 Å². The van der Waals surface area contributed by atoms with Crippen molar-refractivity contribution < 1.29 is 0 Å². The summed E-state index contributed by atoms with van der Waals surface area (Å²) in [6.45, 7) is 3.49. The van der Waals surface area contributed by atoms with Gasteiger partial charge in [-0.3, -0.25) is 0 Å². The van der Waals surface area contributed by atoms with Crippen LogP contribution in [0.5, 0.6) is 0 Å². The first-order chi connectivity index (χ1) is 6.58. The Hall–Kier alpha value is -1.84. The quantitative estimate of drug-likeness (QED) is 0.550. The minimum Gasteiger partial charge on any atom is -0.387 e. The van der Waals surface area contributed by atoms with E-state index in [-0.39, 0.29) is 0 Å².